The molecule has 1 unspecified atom stereocenters. The highest BCUT2D eigenvalue weighted by Gasteiger charge is 2.66. The molecule has 4 fully saturated rings. The van der Waals surface area contributed by atoms with Gasteiger partial charge in [-0.05, 0) is 89.0 Å². The third-order valence-electron chi connectivity index (χ3n) is 12.5. The van der Waals surface area contributed by atoms with Gasteiger partial charge < -0.3 is 44.4 Å². The number of thiazole rings is 1. The lowest BCUT2D eigenvalue weighted by molar-refractivity contribution is -0.140. The Balaban J connectivity index is 1.12. The minimum absolute atomic E-state index is 0.0286. The molecule has 3 amide bonds. The standard InChI is InChI=1S/C44H57N6O9PS/c1-27(2)45-42-47-37(26-61-42)36-22-39(33-18-17-30(56-3)20-35(33)46-36)58-32-21-38-40(51)49-44(60(54,55)25-31-15-11-19-57-31)23-28(44)12-7-5-4-6-8-16-34(41(52)50(38)24-32)48-43(53)59-29-13-9-10-14-29/h11,15,17-20,22,26-29,32,34,38H,4-10,12-14,16,21,23-25H2,1-3H3,(H,45,47)(H,48,53)(H,49,51)(H,54,55)/t28-,32+,34-,38-,44-/m0/s1. The fourth-order valence-electron chi connectivity index (χ4n) is 9.23. The number of nitrogens with zero attached hydrogens (tertiary/aromatic N) is 3. The summed E-state index contributed by atoms with van der Waals surface area (Å²) in [6, 6.07) is 8.85. The van der Waals surface area contributed by atoms with Gasteiger partial charge in [-0.1, -0.05) is 32.1 Å². The fraction of sp³-hybridized carbons (Fsp3) is 0.568. The minimum Gasteiger partial charge on any atom is -0.497 e. The van der Waals surface area contributed by atoms with E-state index in [1.54, 1.807) is 19.2 Å². The summed E-state index contributed by atoms with van der Waals surface area (Å²) in [7, 11) is -2.48. The summed E-state index contributed by atoms with van der Waals surface area (Å²) < 4.78 is 38.0. The van der Waals surface area contributed by atoms with Crippen LogP contribution in [0.5, 0.6) is 11.5 Å². The minimum atomic E-state index is -4.07. The molecule has 328 valence electrons. The molecule has 2 aliphatic carbocycles. The number of nitrogens with one attached hydrogen (secondary N) is 3. The fourth-order valence-corrected chi connectivity index (χ4v) is 12.5. The van der Waals surface area contributed by atoms with Gasteiger partial charge in [0, 0.05) is 35.4 Å². The van der Waals surface area contributed by atoms with Crippen molar-refractivity contribution in [2.24, 2.45) is 5.92 Å². The molecule has 5 heterocycles. The summed E-state index contributed by atoms with van der Waals surface area (Å²) in [5, 5.41) is 11.3. The molecule has 0 spiro atoms. The van der Waals surface area contributed by atoms with Crippen molar-refractivity contribution in [3.63, 3.8) is 0 Å². The Morgan fingerprint density at radius 1 is 1.03 bits per heavy atom. The lowest BCUT2D eigenvalue weighted by Gasteiger charge is -2.31. The number of ether oxygens (including phenoxy) is 3. The molecule has 17 heteroatoms. The first kappa shape index (κ1) is 43.0. The average molecular weight is 877 g/mol. The lowest BCUT2D eigenvalue weighted by Crippen LogP contribution is -2.55. The highest BCUT2D eigenvalue weighted by atomic mass is 32.1. The summed E-state index contributed by atoms with van der Waals surface area (Å²) in [6.45, 7) is 4.11. The van der Waals surface area contributed by atoms with Crippen molar-refractivity contribution in [3.05, 3.63) is 53.8 Å². The number of hydrogen-bond acceptors (Lipinski definition) is 12. The molecule has 4 aliphatic rings. The van der Waals surface area contributed by atoms with Crippen LogP contribution >= 0.6 is 18.7 Å². The van der Waals surface area contributed by atoms with Gasteiger partial charge in [-0.2, -0.15) is 0 Å². The van der Waals surface area contributed by atoms with E-state index in [0.717, 1.165) is 56.5 Å². The van der Waals surface area contributed by atoms with E-state index in [9.17, 15) is 23.8 Å². The van der Waals surface area contributed by atoms with E-state index in [1.165, 1.54) is 22.5 Å². The van der Waals surface area contributed by atoms with Gasteiger partial charge in [0.1, 0.15) is 52.5 Å². The summed E-state index contributed by atoms with van der Waals surface area (Å²) in [5.74, 6) is 0.309. The zero-order chi connectivity index (χ0) is 42.7. The van der Waals surface area contributed by atoms with Gasteiger partial charge in [-0.3, -0.25) is 14.2 Å². The van der Waals surface area contributed by atoms with E-state index in [2.05, 4.69) is 16.0 Å². The highest BCUT2D eigenvalue weighted by molar-refractivity contribution is 7.59. The van der Waals surface area contributed by atoms with Crippen molar-refractivity contribution in [1.29, 1.82) is 0 Å². The van der Waals surface area contributed by atoms with Crippen molar-refractivity contribution >= 4 is 52.6 Å². The molecule has 2 aliphatic heterocycles. The number of amides is 3. The predicted octanol–water partition coefficient (Wildman–Crippen LogP) is 8.21. The number of rotatable bonds is 11. The molecule has 6 atom stereocenters. The van der Waals surface area contributed by atoms with Gasteiger partial charge in [0.15, 0.2) is 5.13 Å². The first-order valence-corrected chi connectivity index (χ1v) is 24.5. The van der Waals surface area contributed by atoms with E-state index in [-0.39, 0.29) is 37.2 Å². The smallest absolute Gasteiger partial charge is 0.408 e. The Hall–Kier alpha value is -4.66. The molecule has 2 saturated heterocycles. The largest absolute Gasteiger partial charge is 0.497 e. The van der Waals surface area contributed by atoms with E-state index in [0.29, 0.717) is 65.2 Å². The van der Waals surface area contributed by atoms with Gasteiger partial charge in [-0.15, -0.1) is 11.3 Å². The van der Waals surface area contributed by atoms with Crippen molar-refractivity contribution < 1.29 is 42.5 Å². The molecule has 3 aromatic heterocycles. The van der Waals surface area contributed by atoms with Crippen LogP contribution in [0.15, 0.2) is 52.5 Å². The Labute approximate surface area is 360 Å². The number of pyridine rings is 1. The van der Waals surface area contributed by atoms with Crippen LogP contribution in [0.3, 0.4) is 0 Å². The number of fused-ring (bicyclic) bond motifs is 3. The Kier molecular flexibility index (Phi) is 12.9. The second-order valence-electron chi connectivity index (χ2n) is 17.3. The number of hydrogen-bond donors (Lipinski definition) is 4. The monoisotopic (exact) mass is 876 g/mol. The van der Waals surface area contributed by atoms with Crippen LogP contribution in [0.25, 0.3) is 22.3 Å². The van der Waals surface area contributed by atoms with Gasteiger partial charge in [0.25, 0.3) is 0 Å². The first-order chi connectivity index (χ1) is 29.4. The quantitative estimate of drug-likeness (QED) is 0.106. The average Bonchev–Trinajstić information content (AvgIpc) is 3.86. The number of methoxy groups -OCH3 is 1. The summed E-state index contributed by atoms with van der Waals surface area (Å²) in [5.41, 5.74) is 1.84. The molecule has 4 aromatic rings. The Morgan fingerprint density at radius 3 is 2.56 bits per heavy atom. The van der Waals surface area contributed by atoms with Gasteiger partial charge >= 0.3 is 6.09 Å². The maximum absolute atomic E-state index is 14.8. The molecule has 0 bridgehead atoms. The van der Waals surface area contributed by atoms with Crippen molar-refractivity contribution in [2.45, 2.75) is 139 Å². The molecule has 15 nitrogen and oxygen atoms in total. The van der Waals surface area contributed by atoms with Crippen LogP contribution in [0.4, 0.5) is 9.93 Å². The topological polar surface area (TPSA) is 194 Å². The van der Waals surface area contributed by atoms with E-state index < -0.39 is 48.7 Å². The summed E-state index contributed by atoms with van der Waals surface area (Å²) in [6.07, 6.45) is 8.98. The van der Waals surface area contributed by atoms with Crippen LogP contribution in [-0.2, 0) is 25.1 Å². The maximum Gasteiger partial charge on any atom is 0.408 e. The third-order valence-corrected chi connectivity index (χ3v) is 15.9. The van der Waals surface area contributed by atoms with Gasteiger partial charge in [0.05, 0.1) is 37.3 Å². The predicted molar refractivity (Wildman–Crippen MR) is 232 cm³/mol. The van der Waals surface area contributed by atoms with Crippen LogP contribution in [0.1, 0.15) is 103 Å². The molecule has 8 rings (SSSR count). The summed E-state index contributed by atoms with van der Waals surface area (Å²) in [4.78, 5) is 65.9. The number of alkyl carbamates (subject to hydrolysis) is 1. The van der Waals surface area contributed by atoms with Gasteiger partial charge in [0.2, 0.25) is 19.2 Å². The Bertz CT molecular complexity index is 2250. The molecule has 1 aromatic carbocycles. The number of benzene rings is 1. The zero-order valence-corrected chi connectivity index (χ0v) is 36.8. The van der Waals surface area contributed by atoms with Crippen LogP contribution in [0, 0.1) is 5.92 Å². The van der Waals surface area contributed by atoms with E-state index in [1.807, 2.05) is 43.5 Å². The number of carbonyl (C=O) groups excluding carboxylic acids is 3. The second-order valence-corrected chi connectivity index (χ2v) is 20.7. The molecule has 4 N–H and O–H groups in total. The molecule has 0 radical (unpaired) electrons. The van der Waals surface area contributed by atoms with Crippen LogP contribution in [-0.4, -0.2) is 86.9 Å². The third kappa shape index (κ3) is 9.71. The van der Waals surface area contributed by atoms with Crippen molar-refractivity contribution in [1.82, 2.24) is 25.5 Å². The number of anilines is 1. The second kappa shape index (κ2) is 18.4. The molecular weight excluding hydrogens is 820 g/mol. The normalized spacial score (nSPS) is 26.1. The van der Waals surface area contributed by atoms with Gasteiger partial charge in [-0.25, -0.2) is 14.8 Å². The molecule has 2 saturated carbocycles. The number of aromatic nitrogens is 2. The van der Waals surface area contributed by atoms with Crippen LogP contribution < -0.4 is 25.4 Å². The lowest BCUT2D eigenvalue weighted by atomic mass is 10.0. The Morgan fingerprint density at radius 2 is 1.80 bits per heavy atom. The number of carbonyl (C=O) groups is 3. The number of furan rings is 1. The van der Waals surface area contributed by atoms with Crippen molar-refractivity contribution in [3.8, 4) is 22.9 Å². The SMILES string of the molecule is COc1ccc2c(O[C@@H]3C[C@H]4C(=O)N[C@]5(P(=O)(O)Cc6ccco6)C[C@@H]5CCCCCCC[C@H](NC(=O)OC5CCCC5)C(=O)N4C3)cc(-c3csc(NC(C)C)n3)nc2c1. The van der Waals surface area contributed by atoms with E-state index >= 15 is 0 Å². The summed E-state index contributed by atoms with van der Waals surface area (Å²) >= 11 is 1.47. The van der Waals surface area contributed by atoms with Crippen LogP contribution in [0.2, 0.25) is 0 Å². The zero-order valence-electron chi connectivity index (χ0n) is 35.1. The molecular formula is C44H57N6O9PS. The van der Waals surface area contributed by atoms with Crippen molar-refractivity contribution in [2.75, 3.05) is 19.0 Å². The van der Waals surface area contributed by atoms with E-state index in [4.69, 9.17) is 28.6 Å². The highest BCUT2D eigenvalue weighted by Crippen LogP contribution is 2.71. The maximum atomic E-state index is 14.8. The molecule has 61 heavy (non-hydrogen) atoms. The first-order valence-electron chi connectivity index (χ1n) is 21.7.